The Kier molecular flexibility index (Phi) is 3.08. The van der Waals surface area contributed by atoms with Crippen molar-refractivity contribution in [2.24, 2.45) is 7.05 Å². The second-order valence-corrected chi connectivity index (χ2v) is 4.95. The first-order chi connectivity index (χ1) is 7.08. The highest BCUT2D eigenvalue weighted by Gasteiger charge is 2.17. The summed E-state index contributed by atoms with van der Waals surface area (Å²) in [6.07, 6.45) is 5.17. The maximum Gasteiger partial charge on any atom is 0.130 e. The van der Waals surface area contributed by atoms with E-state index in [0.717, 1.165) is 35.7 Å². The molecular formula is C11H14Cl2N2. The normalized spacial score (nSPS) is 20.8. The molecule has 1 atom stereocenters. The van der Waals surface area contributed by atoms with Crippen molar-refractivity contribution in [3.05, 3.63) is 28.1 Å². The lowest BCUT2D eigenvalue weighted by Crippen LogP contribution is -1.91. The molecule has 1 aliphatic carbocycles. The van der Waals surface area contributed by atoms with Gasteiger partial charge in [-0.15, -0.1) is 11.6 Å². The Morgan fingerprint density at radius 3 is 2.80 bits per heavy atom. The van der Waals surface area contributed by atoms with Crippen molar-refractivity contribution < 1.29 is 0 Å². The van der Waals surface area contributed by atoms with Gasteiger partial charge in [0.1, 0.15) is 5.15 Å². The molecule has 0 aliphatic heterocycles. The number of aromatic nitrogens is 2. The third-order valence-electron chi connectivity index (χ3n) is 2.83. The van der Waals surface area contributed by atoms with Crippen LogP contribution in [-0.2, 0) is 13.5 Å². The molecule has 0 fully saturated rings. The Balaban J connectivity index is 2.21. The zero-order chi connectivity index (χ0) is 11.0. The Hall–Kier alpha value is -0.470. The van der Waals surface area contributed by atoms with Gasteiger partial charge in [-0.1, -0.05) is 23.3 Å². The first-order valence-corrected chi connectivity index (χ1v) is 5.91. The SMILES string of the molecule is Cc1nn(C)c(Cl)c1CC1=CC(Cl)CC1. The number of allylic oxidation sites excluding steroid dienone is 2. The maximum atomic E-state index is 6.17. The Morgan fingerprint density at radius 2 is 2.33 bits per heavy atom. The largest absolute Gasteiger partial charge is 0.257 e. The van der Waals surface area contributed by atoms with Crippen molar-refractivity contribution in [1.82, 2.24) is 9.78 Å². The molecule has 4 heteroatoms. The van der Waals surface area contributed by atoms with E-state index < -0.39 is 0 Å². The minimum absolute atomic E-state index is 0.204. The molecule has 0 radical (unpaired) electrons. The summed E-state index contributed by atoms with van der Waals surface area (Å²) >= 11 is 12.2. The Labute approximate surface area is 99.9 Å². The number of nitrogens with zero attached hydrogens (tertiary/aromatic N) is 2. The second-order valence-electron chi connectivity index (χ2n) is 4.03. The van der Waals surface area contributed by atoms with E-state index in [1.54, 1.807) is 4.68 Å². The predicted molar refractivity (Wildman–Crippen MR) is 63.6 cm³/mol. The molecule has 1 aromatic rings. The topological polar surface area (TPSA) is 17.8 Å². The number of alkyl halides is 1. The van der Waals surface area contributed by atoms with Gasteiger partial charge in [-0.05, 0) is 26.2 Å². The van der Waals surface area contributed by atoms with Gasteiger partial charge in [0.15, 0.2) is 0 Å². The predicted octanol–water partition coefficient (Wildman–Crippen LogP) is 3.25. The second kappa shape index (κ2) is 4.18. The number of hydrogen-bond acceptors (Lipinski definition) is 1. The molecule has 15 heavy (non-hydrogen) atoms. The van der Waals surface area contributed by atoms with Crippen LogP contribution < -0.4 is 0 Å². The van der Waals surface area contributed by atoms with E-state index in [1.165, 1.54) is 5.57 Å². The van der Waals surface area contributed by atoms with Crippen LogP contribution in [0.2, 0.25) is 5.15 Å². The van der Waals surface area contributed by atoms with Crippen LogP contribution in [0.5, 0.6) is 0 Å². The van der Waals surface area contributed by atoms with Crippen LogP contribution in [0, 0.1) is 6.92 Å². The molecule has 1 unspecified atom stereocenters. The van der Waals surface area contributed by atoms with Crippen molar-refractivity contribution in [3.8, 4) is 0 Å². The molecule has 0 spiro atoms. The van der Waals surface area contributed by atoms with E-state index in [-0.39, 0.29) is 5.38 Å². The molecule has 1 aromatic heterocycles. The van der Waals surface area contributed by atoms with Crippen molar-refractivity contribution in [1.29, 1.82) is 0 Å². The number of hydrogen-bond donors (Lipinski definition) is 0. The summed E-state index contributed by atoms with van der Waals surface area (Å²) in [7, 11) is 1.87. The van der Waals surface area contributed by atoms with Gasteiger partial charge in [0, 0.05) is 12.6 Å². The first kappa shape index (κ1) is 11.0. The van der Waals surface area contributed by atoms with Crippen LogP contribution in [0.25, 0.3) is 0 Å². The molecule has 0 saturated heterocycles. The molecule has 0 bridgehead atoms. The van der Waals surface area contributed by atoms with Crippen molar-refractivity contribution in [3.63, 3.8) is 0 Å². The highest BCUT2D eigenvalue weighted by Crippen LogP contribution is 2.29. The van der Waals surface area contributed by atoms with Gasteiger partial charge in [0.2, 0.25) is 0 Å². The quantitative estimate of drug-likeness (QED) is 0.577. The minimum Gasteiger partial charge on any atom is -0.257 e. The zero-order valence-electron chi connectivity index (χ0n) is 8.93. The molecule has 1 heterocycles. The molecule has 0 saturated carbocycles. The lowest BCUT2D eigenvalue weighted by Gasteiger charge is -2.01. The maximum absolute atomic E-state index is 6.17. The van der Waals surface area contributed by atoms with E-state index in [9.17, 15) is 0 Å². The summed E-state index contributed by atoms with van der Waals surface area (Å²) in [5.41, 5.74) is 3.53. The lowest BCUT2D eigenvalue weighted by molar-refractivity contribution is 0.757. The van der Waals surface area contributed by atoms with Crippen LogP contribution in [0.15, 0.2) is 11.6 Å². The fourth-order valence-electron chi connectivity index (χ4n) is 1.99. The molecule has 1 aliphatic rings. The van der Waals surface area contributed by atoms with Gasteiger partial charge >= 0.3 is 0 Å². The summed E-state index contributed by atoms with van der Waals surface area (Å²) in [5, 5.41) is 5.24. The standard InChI is InChI=1S/C11H14Cl2N2/c1-7-10(11(13)15(2)14-7)6-8-3-4-9(12)5-8/h5,9H,3-4,6H2,1-2H3. The van der Waals surface area contributed by atoms with Crippen LogP contribution in [-0.4, -0.2) is 15.2 Å². The smallest absolute Gasteiger partial charge is 0.130 e. The van der Waals surface area contributed by atoms with Gasteiger partial charge < -0.3 is 0 Å². The Morgan fingerprint density at radius 1 is 1.60 bits per heavy atom. The van der Waals surface area contributed by atoms with Crippen molar-refractivity contribution in [2.45, 2.75) is 31.6 Å². The molecule has 2 rings (SSSR count). The average Bonchev–Trinajstić information content (AvgIpc) is 2.67. The van der Waals surface area contributed by atoms with E-state index in [1.807, 2.05) is 14.0 Å². The molecule has 2 nitrogen and oxygen atoms in total. The third kappa shape index (κ3) is 2.21. The van der Waals surface area contributed by atoms with Crippen LogP contribution in [0.1, 0.15) is 24.1 Å². The summed E-state index contributed by atoms with van der Waals surface area (Å²) in [6, 6.07) is 0. The zero-order valence-corrected chi connectivity index (χ0v) is 10.4. The molecular weight excluding hydrogens is 231 g/mol. The summed E-state index contributed by atoms with van der Waals surface area (Å²) in [4.78, 5) is 0. The molecule has 0 aromatic carbocycles. The van der Waals surface area contributed by atoms with Crippen molar-refractivity contribution >= 4 is 23.2 Å². The van der Waals surface area contributed by atoms with Gasteiger partial charge in [0.05, 0.1) is 11.1 Å². The van der Waals surface area contributed by atoms with E-state index in [0.29, 0.717) is 0 Å². The van der Waals surface area contributed by atoms with Gasteiger partial charge in [-0.2, -0.15) is 5.10 Å². The molecule has 82 valence electrons. The van der Waals surface area contributed by atoms with Crippen LogP contribution in [0.3, 0.4) is 0 Å². The number of rotatable bonds is 2. The highest BCUT2D eigenvalue weighted by molar-refractivity contribution is 6.30. The van der Waals surface area contributed by atoms with Crippen LogP contribution in [0.4, 0.5) is 0 Å². The number of aryl methyl sites for hydroxylation is 2. The monoisotopic (exact) mass is 244 g/mol. The minimum atomic E-state index is 0.204. The molecule has 0 amide bonds. The fraction of sp³-hybridized carbons (Fsp3) is 0.545. The summed E-state index contributed by atoms with van der Waals surface area (Å²) in [5.74, 6) is 0. The van der Waals surface area contributed by atoms with Gasteiger partial charge in [0.25, 0.3) is 0 Å². The van der Waals surface area contributed by atoms with Crippen molar-refractivity contribution in [2.75, 3.05) is 0 Å². The van der Waals surface area contributed by atoms with Crippen LogP contribution >= 0.6 is 23.2 Å². The summed E-state index contributed by atoms with van der Waals surface area (Å²) < 4.78 is 1.72. The lowest BCUT2D eigenvalue weighted by atomic mass is 10.1. The Bertz CT molecular complexity index is 407. The molecule has 0 N–H and O–H groups in total. The highest BCUT2D eigenvalue weighted by atomic mass is 35.5. The van der Waals surface area contributed by atoms with Gasteiger partial charge in [-0.3, -0.25) is 4.68 Å². The first-order valence-electron chi connectivity index (χ1n) is 5.09. The van der Waals surface area contributed by atoms with E-state index >= 15 is 0 Å². The fourth-order valence-corrected chi connectivity index (χ4v) is 2.52. The number of halogens is 2. The van der Waals surface area contributed by atoms with Gasteiger partial charge in [-0.25, -0.2) is 0 Å². The average molecular weight is 245 g/mol. The summed E-state index contributed by atoms with van der Waals surface area (Å²) in [6.45, 7) is 1.99. The third-order valence-corrected chi connectivity index (χ3v) is 3.65. The van der Waals surface area contributed by atoms with E-state index in [4.69, 9.17) is 23.2 Å². The van der Waals surface area contributed by atoms with E-state index in [2.05, 4.69) is 11.2 Å².